The van der Waals surface area contributed by atoms with Gasteiger partial charge in [0.05, 0.1) is 19.3 Å². The number of nitrogens with two attached hydrogens (primary N) is 1. The monoisotopic (exact) mass is 375 g/mol. The van der Waals surface area contributed by atoms with Crippen molar-refractivity contribution in [3.8, 4) is 0 Å². The highest BCUT2D eigenvalue weighted by Crippen LogP contribution is 2.08. The third-order valence-electron chi connectivity index (χ3n) is 4.35. The number of ether oxygens (including phenoxy) is 1. The Hall–Kier alpha value is -2.12. The Morgan fingerprint density at radius 1 is 1.33 bits per heavy atom. The molecule has 0 radical (unpaired) electrons. The minimum Gasteiger partial charge on any atom is -0.374 e. The molecule has 1 aliphatic heterocycles. The van der Waals surface area contributed by atoms with Crippen LogP contribution in [-0.4, -0.2) is 62.2 Å². The van der Waals surface area contributed by atoms with Gasteiger partial charge in [0, 0.05) is 38.3 Å². The summed E-state index contributed by atoms with van der Waals surface area (Å²) in [7, 11) is 0. The summed E-state index contributed by atoms with van der Waals surface area (Å²) in [6.45, 7) is 12.4. The van der Waals surface area contributed by atoms with E-state index >= 15 is 0 Å². The normalized spacial score (nSPS) is 18.5. The first kappa shape index (κ1) is 21.2. The third kappa shape index (κ3) is 7.56. The maximum Gasteiger partial charge on any atom is 0.248 e. The highest BCUT2D eigenvalue weighted by Gasteiger charge is 2.21. The first-order chi connectivity index (χ1) is 13.0. The van der Waals surface area contributed by atoms with E-state index in [1.165, 1.54) is 0 Å². The average Bonchev–Trinajstić information content (AvgIpc) is 2.64. The number of amides is 1. The summed E-state index contributed by atoms with van der Waals surface area (Å²) < 4.78 is 5.89. The highest BCUT2D eigenvalue weighted by molar-refractivity contribution is 5.92. The molecular formula is C20H33N5O2. The lowest BCUT2D eigenvalue weighted by Crippen LogP contribution is -2.50. The SMILES string of the molecule is CCNC(=NCc1ccc(C(N)=O)cc1)NCC1CN(CC(C)C)CCO1. The second-order valence-electron chi connectivity index (χ2n) is 7.28. The third-order valence-corrected chi connectivity index (χ3v) is 4.35. The van der Waals surface area contributed by atoms with Crippen LogP contribution in [0.5, 0.6) is 0 Å². The van der Waals surface area contributed by atoms with E-state index in [2.05, 4.69) is 34.4 Å². The van der Waals surface area contributed by atoms with Crippen molar-refractivity contribution < 1.29 is 9.53 Å². The van der Waals surface area contributed by atoms with Gasteiger partial charge in [0.25, 0.3) is 0 Å². The Kier molecular flexibility index (Phi) is 8.54. The molecule has 4 N–H and O–H groups in total. The van der Waals surface area contributed by atoms with Crippen LogP contribution in [0.2, 0.25) is 0 Å². The summed E-state index contributed by atoms with van der Waals surface area (Å²) in [5, 5.41) is 6.64. The van der Waals surface area contributed by atoms with Gasteiger partial charge in [-0.3, -0.25) is 9.69 Å². The van der Waals surface area contributed by atoms with Crippen LogP contribution < -0.4 is 16.4 Å². The van der Waals surface area contributed by atoms with Gasteiger partial charge in [0.15, 0.2) is 5.96 Å². The van der Waals surface area contributed by atoms with Gasteiger partial charge in [-0.2, -0.15) is 0 Å². The predicted octanol–water partition coefficient (Wildman–Crippen LogP) is 1.20. The number of guanidine groups is 1. The summed E-state index contributed by atoms with van der Waals surface area (Å²) in [5.41, 5.74) is 6.80. The molecule has 1 fully saturated rings. The fourth-order valence-corrected chi connectivity index (χ4v) is 3.08. The van der Waals surface area contributed by atoms with E-state index in [0.717, 1.165) is 50.9 Å². The summed E-state index contributed by atoms with van der Waals surface area (Å²) in [6, 6.07) is 7.21. The number of aliphatic imine (C=N–C) groups is 1. The van der Waals surface area contributed by atoms with Crippen LogP contribution in [0.25, 0.3) is 0 Å². The minimum absolute atomic E-state index is 0.163. The topological polar surface area (TPSA) is 92.0 Å². The molecule has 2 rings (SSSR count). The van der Waals surface area contributed by atoms with Crippen molar-refractivity contribution in [1.29, 1.82) is 0 Å². The number of hydrogen-bond acceptors (Lipinski definition) is 4. The molecule has 1 aromatic rings. The zero-order valence-electron chi connectivity index (χ0n) is 16.7. The molecule has 1 amide bonds. The molecule has 150 valence electrons. The van der Waals surface area contributed by atoms with E-state index in [9.17, 15) is 4.79 Å². The molecular weight excluding hydrogens is 342 g/mol. The zero-order valence-corrected chi connectivity index (χ0v) is 16.7. The van der Waals surface area contributed by atoms with Gasteiger partial charge in [0.1, 0.15) is 0 Å². The highest BCUT2D eigenvalue weighted by atomic mass is 16.5. The fraction of sp³-hybridized carbons (Fsp3) is 0.600. The van der Waals surface area contributed by atoms with Gasteiger partial charge in [-0.05, 0) is 30.5 Å². The summed E-state index contributed by atoms with van der Waals surface area (Å²) >= 11 is 0. The van der Waals surface area contributed by atoms with E-state index in [4.69, 9.17) is 10.5 Å². The Bertz CT molecular complexity index is 615. The van der Waals surface area contributed by atoms with E-state index in [-0.39, 0.29) is 6.10 Å². The van der Waals surface area contributed by atoms with Crippen LogP contribution in [-0.2, 0) is 11.3 Å². The zero-order chi connectivity index (χ0) is 19.6. The first-order valence-corrected chi connectivity index (χ1v) is 9.72. The Labute approximate surface area is 162 Å². The molecule has 27 heavy (non-hydrogen) atoms. The summed E-state index contributed by atoms with van der Waals surface area (Å²) in [5.74, 6) is 1.01. The van der Waals surface area contributed by atoms with E-state index in [1.807, 2.05) is 19.1 Å². The standard InChI is InChI=1S/C20H33N5O2/c1-4-22-20(23-11-16-5-7-17(8-6-16)19(21)26)24-12-18-14-25(9-10-27-18)13-15(2)3/h5-8,15,18H,4,9-14H2,1-3H3,(H2,21,26)(H2,22,23,24). The maximum atomic E-state index is 11.1. The smallest absolute Gasteiger partial charge is 0.248 e. The Morgan fingerprint density at radius 2 is 2.07 bits per heavy atom. The average molecular weight is 376 g/mol. The first-order valence-electron chi connectivity index (χ1n) is 9.72. The number of morpholine rings is 1. The lowest BCUT2D eigenvalue weighted by atomic mass is 10.1. The number of carbonyl (C=O) groups excluding carboxylic acids is 1. The minimum atomic E-state index is -0.418. The van der Waals surface area contributed by atoms with Crippen LogP contribution in [0.15, 0.2) is 29.3 Å². The van der Waals surface area contributed by atoms with Crippen molar-refractivity contribution in [2.75, 3.05) is 39.3 Å². The molecule has 1 unspecified atom stereocenters. The molecule has 0 aromatic heterocycles. The molecule has 1 saturated heterocycles. The number of primary amides is 1. The van der Waals surface area contributed by atoms with Crippen molar-refractivity contribution in [2.24, 2.45) is 16.6 Å². The van der Waals surface area contributed by atoms with Crippen molar-refractivity contribution in [3.05, 3.63) is 35.4 Å². The van der Waals surface area contributed by atoms with Crippen LogP contribution in [0.4, 0.5) is 0 Å². The number of hydrogen-bond donors (Lipinski definition) is 3. The number of rotatable bonds is 8. The summed E-state index contributed by atoms with van der Waals surface area (Å²) in [4.78, 5) is 18.2. The van der Waals surface area contributed by atoms with Crippen LogP contribution in [0.3, 0.4) is 0 Å². The quantitative estimate of drug-likeness (QED) is 0.469. The Morgan fingerprint density at radius 3 is 2.70 bits per heavy atom. The molecule has 7 nitrogen and oxygen atoms in total. The maximum absolute atomic E-state index is 11.1. The van der Waals surface area contributed by atoms with Crippen LogP contribution >= 0.6 is 0 Å². The number of nitrogens with zero attached hydrogens (tertiary/aromatic N) is 2. The molecule has 7 heteroatoms. The molecule has 1 heterocycles. The van der Waals surface area contributed by atoms with Crippen molar-refractivity contribution in [3.63, 3.8) is 0 Å². The number of carbonyl (C=O) groups is 1. The van der Waals surface area contributed by atoms with Gasteiger partial charge in [-0.15, -0.1) is 0 Å². The predicted molar refractivity (Wildman–Crippen MR) is 109 cm³/mol. The van der Waals surface area contributed by atoms with E-state index < -0.39 is 5.91 Å². The van der Waals surface area contributed by atoms with Crippen molar-refractivity contribution >= 4 is 11.9 Å². The van der Waals surface area contributed by atoms with Gasteiger partial charge in [-0.25, -0.2) is 4.99 Å². The largest absolute Gasteiger partial charge is 0.374 e. The molecule has 0 spiro atoms. The number of nitrogens with one attached hydrogen (secondary N) is 2. The van der Waals surface area contributed by atoms with Crippen LogP contribution in [0, 0.1) is 5.92 Å². The second kappa shape index (κ2) is 10.9. The molecule has 0 saturated carbocycles. The van der Waals surface area contributed by atoms with Gasteiger partial charge in [0.2, 0.25) is 5.91 Å². The molecule has 1 atom stereocenters. The molecule has 1 aromatic carbocycles. The van der Waals surface area contributed by atoms with Gasteiger partial charge in [-0.1, -0.05) is 26.0 Å². The van der Waals surface area contributed by atoms with Gasteiger partial charge < -0.3 is 21.1 Å². The second-order valence-corrected chi connectivity index (χ2v) is 7.28. The molecule has 0 bridgehead atoms. The number of benzene rings is 1. The summed E-state index contributed by atoms with van der Waals surface area (Å²) in [6.07, 6.45) is 0.163. The van der Waals surface area contributed by atoms with E-state index in [0.29, 0.717) is 18.0 Å². The van der Waals surface area contributed by atoms with Crippen molar-refractivity contribution in [2.45, 2.75) is 33.4 Å². The van der Waals surface area contributed by atoms with Crippen molar-refractivity contribution in [1.82, 2.24) is 15.5 Å². The lowest BCUT2D eigenvalue weighted by molar-refractivity contribution is -0.0284. The van der Waals surface area contributed by atoms with Gasteiger partial charge >= 0.3 is 0 Å². The Balaban J connectivity index is 1.86. The lowest BCUT2D eigenvalue weighted by Gasteiger charge is -2.34. The molecule has 0 aliphatic carbocycles. The van der Waals surface area contributed by atoms with Crippen LogP contribution in [0.1, 0.15) is 36.7 Å². The fourth-order valence-electron chi connectivity index (χ4n) is 3.08. The molecule has 1 aliphatic rings. The van der Waals surface area contributed by atoms with E-state index in [1.54, 1.807) is 12.1 Å².